The summed E-state index contributed by atoms with van der Waals surface area (Å²) in [6, 6.07) is 10.9. The summed E-state index contributed by atoms with van der Waals surface area (Å²) in [4.78, 5) is 0. The van der Waals surface area contributed by atoms with Crippen molar-refractivity contribution in [1.82, 2.24) is 0 Å². The molecule has 0 atom stereocenters. The molecule has 0 spiro atoms. The molecule has 0 aliphatic heterocycles. The summed E-state index contributed by atoms with van der Waals surface area (Å²) < 4.78 is 0. The van der Waals surface area contributed by atoms with Gasteiger partial charge in [-0.25, -0.2) is 0 Å². The van der Waals surface area contributed by atoms with Crippen LogP contribution in [0.1, 0.15) is 38.7 Å². The molecule has 0 aliphatic rings. The Bertz CT molecular complexity index is 300. The van der Waals surface area contributed by atoms with Gasteiger partial charge in [0.1, 0.15) is 0 Å². The zero-order chi connectivity index (χ0) is 12.7. The molecule has 0 aliphatic carbocycles. The first-order valence-electron chi connectivity index (χ1n) is 6.39. The minimum atomic E-state index is 0.234. The van der Waals surface area contributed by atoms with Crippen LogP contribution in [0.3, 0.4) is 0 Å². The Hall–Kier alpha value is 0.180. The van der Waals surface area contributed by atoms with Crippen LogP contribution in [-0.2, 0) is 5.41 Å². The Balaban J connectivity index is 2.96. The van der Waals surface area contributed by atoms with Gasteiger partial charge in [0.2, 0.25) is 0 Å². The summed E-state index contributed by atoms with van der Waals surface area (Å²) in [5.74, 6) is 0.810. The number of halogens is 2. The Morgan fingerprint density at radius 2 is 1.53 bits per heavy atom. The van der Waals surface area contributed by atoms with Crippen LogP contribution in [0.15, 0.2) is 30.3 Å². The molecular weight excluding hydrogens is 340 g/mol. The van der Waals surface area contributed by atoms with Crippen molar-refractivity contribution in [2.75, 3.05) is 10.7 Å². The summed E-state index contributed by atoms with van der Waals surface area (Å²) in [7, 11) is 0. The van der Waals surface area contributed by atoms with Crippen LogP contribution >= 0.6 is 31.9 Å². The Kier molecular flexibility index (Phi) is 6.79. The second-order valence-electron chi connectivity index (χ2n) is 4.80. The second-order valence-corrected chi connectivity index (χ2v) is 5.92. The van der Waals surface area contributed by atoms with Crippen molar-refractivity contribution in [2.45, 2.75) is 38.5 Å². The van der Waals surface area contributed by atoms with Gasteiger partial charge in [0, 0.05) is 16.1 Å². The van der Waals surface area contributed by atoms with Crippen molar-refractivity contribution >= 4 is 31.9 Å². The Morgan fingerprint density at radius 3 is 1.94 bits per heavy atom. The number of alkyl halides is 2. The highest BCUT2D eigenvalue weighted by Crippen LogP contribution is 2.37. The monoisotopic (exact) mass is 360 g/mol. The summed E-state index contributed by atoms with van der Waals surface area (Å²) >= 11 is 7.45. The standard InChI is InChI=1S/C15H22Br2/c1-3-13(4-2)10-15(11-16,12-17)14-8-6-5-7-9-14/h5-9,13H,3-4,10-12H2,1-2H3. The van der Waals surface area contributed by atoms with Crippen LogP contribution in [0.4, 0.5) is 0 Å². The molecule has 0 bridgehead atoms. The lowest BCUT2D eigenvalue weighted by Crippen LogP contribution is -2.32. The van der Waals surface area contributed by atoms with Gasteiger partial charge in [-0.05, 0) is 17.9 Å². The van der Waals surface area contributed by atoms with E-state index >= 15 is 0 Å². The summed E-state index contributed by atoms with van der Waals surface area (Å²) in [6.45, 7) is 4.60. The van der Waals surface area contributed by atoms with E-state index in [9.17, 15) is 0 Å². The number of hydrogen-bond acceptors (Lipinski definition) is 0. The summed E-state index contributed by atoms with van der Waals surface area (Å²) in [5, 5.41) is 2.04. The smallest absolute Gasteiger partial charge is 0.0149 e. The zero-order valence-corrected chi connectivity index (χ0v) is 13.9. The van der Waals surface area contributed by atoms with E-state index in [1.165, 1.54) is 24.8 Å². The number of rotatable bonds is 7. The topological polar surface area (TPSA) is 0 Å². The Morgan fingerprint density at radius 1 is 1.00 bits per heavy atom. The van der Waals surface area contributed by atoms with Gasteiger partial charge in [-0.3, -0.25) is 0 Å². The van der Waals surface area contributed by atoms with Crippen LogP contribution < -0.4 is 0 Å². The minimum absolute atomic E-state index is 0.234. The molecular formula is C15H22Br2. The lowest BCUT2D eigenvalue weighted by Gasteiger charge is -2.34. The Labute approximate surface area is 122 Å². The van der Waals surface area contributed by atoms with E-state index in [-0.39, 0.29) is 5.41 Å². The quantitative estimate of drug-likeness (QED) is 0.559. The molecule has 1 aromatic rings. The third-order valence-electron chi connectivity index (χ3n) is 3.73. The normalized spacial score (nSPS) is 12.1. The van der Waals surface area contributed by atoms with Crippen molar-refractivity contribution in [3.05, 3.63) is 35.9 Å². The first kappa shape index (κ1) is 15.2. The molecule has 1 rings (SSSR count). The fourth-order valence-electron chi connectivity index (χ4n) is 2.34. The highest BCUT2D eigenvalue weighted by molar-refractivity contribution is 9.09. The molecule has 96 valence electrons. The maximum atomic E-state index is 3.73. The molecule has 0 nitrogen and oxygen atoms in total. The van der Waals surface area contributed by atoms with Crippen LogP contribution in [0.2, 0.25) is 0 Å². The first-order valence-corrected chi connectivity index (χ1v) is 8.64. The highest BCUT2D eigenvalue weighted by Gasteiger charge is 2.31. The number of benzene rings is 1. The molecule has 0 saturated heterocycles. The molecule has 17 heavy (non-hydrogen) atoms. The molecule has 0 heterocycles. The van der Waals surface area contributed by atoms with Gasteiger partial charge in [-0.2, -0.15) is 0 Å². The lowest BCUT2D eigenvalue weighted by atomic mass is 9.75. The molecule has 1 aromatic carbocycles. The lowest BCUT2D eigenvalue weighted by molar-refractivity contribution is 0.355. The van der Waals surface area contributed by atoms with E-state index in [1.54, 1.807) is 0 Å². The predicted octanol–water partition coefficient (Wildman–Crippen LogP) is 5.54. The largest absolute Gasteiger partial charge is 0.0918 e. The van der Waals surface area contributed by atoms with Gasteiger partial charge in [0.05, 0.1) is 0 Å². The maximum Gasteiger partial charge on any atom is 0.0149 e. The first-order chi connectivity index (χ1) is 8.22. The molecule has 0 radical (unpaired) electrons. The molecule has 0 aromatic heterocycles. The van der Waals surface area contributed by atoms with Gasteiger partial charge in [-0.15, -0.1) is 0 Å². The van der Waals surface area contributed by atoms with Crippen molar-refractivity contribution in [2.24, 2.45) is 5.92 Å². The zero-order valence-electron chi connectivity index (χ0n) is 10.8. The maximum absolute atomic E-state index is 3.73. The van der Waals surface area contributed by atoms with Crippen LogP contribution in [0.5, 0.6) is 0 Å². The molecule has 0 saturated carbocycles. The highest BCUT2D eigenvalue weighted by atomic mass is 79.9. The van der Waals surface area contributed by atoms with E-state index in [0.717, 1.165) is 16.6 Å². The molecule has 0 unspecified atom stereocenters. The van der Waals surface area contributed by atoms with Crippen LogP contribution in [-0.4, -0.2) is 10.7 Å². The van der Waals surface area contributed by atoms with Gasteiger partial charge >= 0.3 is 0 Å². The SMILES string of the molecule is CCC(CC)CC(CBr)(CBr)c1ccccc1. The predicted molar refractivity (Wildman–Crippen MR) is 84.4 cm³/mol. The third kappa shape index (κ3) is 3.82. The van der Waals surface area contributed by atoms with Crippen molar-refractivity contribution in [3.8, 4) is 0 Å². The summed E-state index contributed by atoms with van der Waals surface area (Å²) in [6.07, 6.45) is 3.79. The van der Waals surface area contributed by atoms with Crippen LogP contribution in [0.25, 0.3) is 0 Å². The molecule has 2 heteroatoms. The van der Waals surface area contributed by atoms with E-state index in [2.05, 4.69) is 76.0 Å². The van der Waals surface area contributed by atoms with Crippen LogP contribution in [0, 0.1) is 5.92 Å². The van der Waals surface area contributed by atoms with Gasteiger partial charge in [0.25, 0.3) is 0 Å². The molecule has 0 N–H and O–H groups in total. The van der Waals surface area contributed by atoms with Crippen molar-refractivity contribution in [1.29, 1.82) is 0 Å². The van der Waals surface area contributed by atoms with Crippen molar-refractivity contribution < 1.29 is 0 Å². The fraction of sp³-hybridized carbons (Fsp3) is 0.600. The average molecular weight is 362 g/mol. The van der Waals surface area contributed by atoms with Gasteiger partial charge in [-0.1, -0.05) is 88.9 Å². The van der Waals surface area contributed by atoms with Gasteiger partial charge < -0.3 is 0 Å². The summed E-state index contributed by atoms with van der Waals surface area (Å²) in [5.41, 5.74) is 1.68. The molecule has 0 amide bonds. The van der Waals surface area contributed by atoms with E-state index in [0.29, 0.717) is 0 Å². The number of hydrogen-bond donors (Lipinski definition) is 0. The average Bonchev–Trinajstić information content (AvgIpc) is 2.42. The van der Waals surface area contributed by atoms with E-state index in [4.69, 9.17) is 0 Å². The van der Waals surface area contributed by atoms with Gasteiger partial charge in [0.15, 0.2) is 0 Å². The molecule has 0 fully saturated rings. The minimum Gasteiger partial charge on any atom is -0.0918 e. The van der Waals surface area contributed by atoms with Crippen molar-refractivity contribution in [3.63, 3.8) is 0 Å². The van der Waals surface area contributed by atoms with E-state index < -0.39 is 0 Å². The third-order valence-corrected chi connectivity index (χ3v) is 5.88. The van der Waals surface area contributed by atoms with E-state index in [1.807, 2.05) is 0 Å². The fourth-order valence-corrected chi connectivity index (χ4v) is 4.37. The second kappa shape index (κ2) is 7.58.